The highest BCUT2D eigenvalue weighted by atomic mass is 15.1. The van der Waals surface area contributed by atoms with E-state index >= 15 is 0 Å². The second-order valence-electron chi connectivity index (χ2n) is 6.66. The largest absolute Gasteiger partial charge is 0.330 e. The van der Waals surface area contributed by atoms with Gasteiger partial charge in [-0.1, -0.05) is 44.2 Å². The summed E-state index contributed by atoms with van der Waals surface area (Å²) < 4.78 is 0. The van der Waals surface area contributed by atoms with E-state index in [1.165, 1.54) is 37.9 Å². The third-order valence-corrected chi connectivity index (χ3v) is 4.47. The van der Waals surface area contributed by atoms with Gasteiger partial charge in [0.2, 0.25) is 0 Å². The Hall–Kier alpha value is -0.860. The molecule has 2 rings (SSSR count). The van der Waals surface area contributed by atoms with Crippen LogP contribution in [0.4, 0.5) is 0 Å². The lowest BCUT2D eigenvalue weighted by Crippen LogP contribution is -2.33. The summed E-state index contributed by atoms with van der Waals surface area (Å²) in [5.74, 6) is 0.474. The van der Waals surface area contributed by atoms with Crippen molar-refractivity contribution >= 4 is 0 Å². The average Bonchev–Trinajstić information content (AvgIpc) is 2.58. The SMILES string of the molecule is CC1(C)CCCN(CC(CN)c2ccccc2)CC1. The average molecular weight is 260 g/mol. The van der Waals surface area contributed by atoms with Crippen molar-refractivity contribution in [3.8, 4) is 0 Å². The standard InChI is InChI=1S/C17H28N2/c1-17(2)9-6-11-19(12-10-17)14-16(13-18)15-7-4-3-5-8-15/h3-5,7-8,16H,6,9-14,18H2,1-2H3. The number of benzene rings is 1. The van der Waals surface area contributed by atoms with Gasteiger partial charge in [0, 0.05) is 19.0 Å². The van der Waals surface area contributed by atoms with Crippen LogP contribution in [0.1, 0.15) is 44.6 Å². The molecule has 1 heterocycles. The molecule has 0 radical (unpaired) electrons. The zero-order valence-electron chi connectivity index (χ0n) is 12.4. The summed E-state index contributed by atoms with van der Waals surface area (Å²) in [7, 11) is 0. The molecule has 1 atom stereocenters. The Balaban J connectivity index is 1.95. The van der Waals surface area contributed by atoms with Gasteiger partial charge in [0.25, 0.3) is 0 Å². The summed E-state index contributed by atoms with van der Waals surface area (Å²) in [4.78, 5) is 2.61. The summed E-state index contributed by atoms with van der Waals surface area (Å²) in [6.45, 7) is 9.09. The molecule has 2 heteroatoms. The van der Waals surface area contributed by atoms with E-state index in [0.29, 0.717) is 11.3 Å². The molecular formula is C17H28N2. The van der Waals surface area contributed by atoms with Crippen molar-refractivity contribution in [2.45, 2.75) is 39.0 Å². The van der Waals surface area contributed by atoms with E-state index in [1.807, 2.05) is 0 Å². The fraction of sp³-hybridized carbons (Fsp3) is 0.647. The predicted octanol–water partition coefficient (Wildman–Crippen LogP) is 3.24. The first-order chi connectivity index (χ1) is 9.11. The van der Waals surface area contributed by atoms with Crippen LogP contribution in [-0.4, -0.2) is 31.1 Å². The summed E-state index contributed by atoms with van der Waals surface area (Å²) in [5.41, 5.74) is 7.88. The van der Waals surface area contributed by atoms with Gasteiger partial charge in [-0.25, -0.2) is 0 Å². The number of nitrogens with two attached hydrogens (primary N) is 1. The van der Waals surface area contributed by atoms with E-state index in [4.69, 9.17) is 5.73 Å². The lowest BCUT2D eigenvalue weighted by atomic mass is 9.85. The molecule has 2 N–H and O–H groups in total. The smallest absolute Gasteiger partial charge is 0.00888 e. The monoisotopic (exact) mass is 260 g/mol. The van der Waals surface area contributed by atoms with Gasteiger partial charge in [0.05, 0.1) is 0 Å². The molecule has 0 aliphatic carbocycles. The van der Waals surface area contributed by atoms with Crippen molar-refractivity contribution in [3.05, 3.63) is 35.9 Å². The first-order valence-electron chi connectivity index (χ1n) is 7.58. The summed E-state index contributed by atoms with van der Waals surface area (Å²) >= 11 is 0. The van der Waals surface area contributed by atoms with Crippen LogP contribution in [0, 0.1) is 5.41 Å². The van der Waals surface area contributed by atoms with Crippen LogP contribution in [-0.2, 0) is 0 Å². The van der Waals surface area contributed by atoms with Crippen molar-refractivity contribution in [1.29, 1.82) is 0 Å². The van der Waals surface area contributed by atoms with E-state index in [0.717, 1.165) is 13.1 Å². The highest BCUT2D eigenvalue weighted by Crippen LogP contribution is 2.30. The molecular weight excluding hydrogens is 232 g/mol. The Morgan fingerprint density at radius 2 is 1.89 bits per heavy atom. The zero-order valence-corrected chi connectivity index (χ0v) is 12.4. The molecule has 1 fully saturated rings. The second-order valence-corrected chi connectivity index (χ2v) is 6.66. The molecule has 19 heavy (non-hydrogen) atoms. The van der Waals surface area contributed by atoms with Crippen LogP contribution in [0.3, 0.4) is 0 Å². The maximum absolute atomic E-state index is 5.99. The van der Waals surface area contributed by atoms with Crippen molar-refractivity contribution in [3.63, 3.8) is 0 Å². The molecule has 0 amide bonds. The lowest BCUT2D eigenvalue weighted by molar-refractivity contribution is 0.250. The number of hydrogen-bond donors (Lipinski definition) is 1. The van der Waals surface area contributed by atoms with Crippen LogP contribution in [0.25, 0.3) is 0 Å². The highest BCUT2D eigenvalue weighted by molar-refractivity contribution is 5.20. The maximum atomic E-state index is 5.99. The van der Waals surface area contributed by atoms with Gasteiger partial charge in [-0.3, -0.25) is 0 Å². The molecule has 1 aromatic carbocycles. The van der Waals surface area contributed by atoms with Crippen molar-refractivity contribution in [2.24, 2.45) is 11.1 Å². The zero-order chi connectivity index (χ0) is 13.7. The molecule has 1 aliphatic rings. The van der Waals surface area contributed by atoms with Crippen LogP contribution in [0.2, 0.25) is 0 Å². The van der Waals surface area contributed by atoms with Crippen molar-refractivity contribution in [1.82, 2.24) is 4.90 Å². The van der Waals surface area contributed by atoms with E-state index in [2.05, 4.69) is 49.1 Å². The predicted molar refractivity (Wildman–Crippen MR) is 82.3 cm³/mol. The Labute approximate surface area is 118 Å². The van der Waals surface area contributed by atoms with Gasteiger partial charge in [-0.05, 0) is 43.3 Å². The topological polar surface area (TPSA) is 29.3 Å². The molecule has 0 bridgehead atoms. The molecule has 106 valence electrons. The summed E-state index contributed by atoms with van der Waals surface area (Å²) in [5, 5.41) is 0. The molecule has 1 saturated heterocycles. The van der Waals surface area contributed by atoms with Crippen molar-refractivity contribution < 1.29 is 0 Å². The first-order valence-corrected chi connectivity index (χ1v) is 7.58. The van der Waals surface area contributed by atoms with E-state index in [9.17, 15) is 0 Å². The summed E-state index contributed by atoms with van der Waals surface area (Å²) in [6, 6.07) is 10.7. The fourth-order valence-electron chi connectivity index (χ4n) is 3.01. The number of rotatable bonds is 4. The number of nitrogens with zero attached hydrogens (tertiary/aromatic N) is 1. The maximum Gasteiger partial charge on any atom is 0.00888 e. The third-order valence-electron chi connectivity index (χ3n) is 4.47. The Morgan fingerprint density at radius 1 is 1.16 bits per heavy atom. The minimum Gasteiger partial charge on any atom is -0.330 e. The van der Waals surface area contributed by atoms with E-state index in [-0.39, 0.29) is 0 Å². The van der Waals surface area contributed by atoms with Crippen LogP contribution >= 0.6 is 0 Å². The molecule has 2 nitrogen and oxygen atoms in total. The fourth-order valence-corrected chi connectivity index (χ4v) is 3.01. The van der Waals surface area contributed by atoms with Gasteiger partial charge in [0.15, 0.2) is 0 Å². The molecule has 0 spiro atoms. The number of hydrogen-bond acceptors (Lipinski definition) is 2. The number of likely N-dealkylation sites (tertiary alicyclic amines) is 1. The molecule has 1 unspecified atom stereocenters. The van der Waals surface area contributed by atoms with Gasteiger partial charge in [-0.15, -0.1) is 0 Å². The van der Waals surface area contributed by atoms with Gasteiger partial charge < -0.3 is 10.6 Å². The quantitative estimate of drug-likeness (QED) is 0.900. The van der Waals surface area contributed by atoms with Crippen LogP contribution in [0.15, 0.2) is 30.3 Å². The molecule has 0 saturated carbocycles. The Morgan fingerprint density at radius 3 is 2.58 bits per heavy atom. The summed E-state index contributed by atoms with van der Waals surface area (Å²) in [6.07, 6.45) is 3.97. The third kappa shape index (κ3) is 4.32. The van der Waals surface area contributed by atoms with Gasteiger partial charge in [-0.2, -0.15) is 0 Å². The highest BCUT2D eigenvalue weighted by Gasteiger charge is 2.24. The Kier molecular flexibility index (Phi) is 5.00. The van der Waals surface area contributed by atoms with Gasteiger partial charge >= 0.3 is 0 Å². The van der Waals surface area contributed by atoms with Crippen LogP contribution < -0.4 is 5.73 Å². The Bertz CT molecular complexity index is 372. The van der Waals surface area contributed by atoms with E-state index < -0.39 is 0 Å². The van der Waals surface area contributed by atoms with Gasteiger partial charge in [0.1, 0.15) is 0 Å². The van der Waals surface area contributed by atoms with Crippen LogP contribution in [0.5, 0.6) is 0 Å². The normalized spacial score (nSPS) is 21.8. The lowest BCUT2D eigenvalue weighted by Gasteiger charge is -2.27. The van der Waals surface area contributed by atoms with E-state index in [1.54, 1.807) is 0 Å². The second kappa shape index (κ2) is 6.53. The molecule has 1 aromatic rings. The minimum atomic E-state index is 0.474. The molecule has 1 aliphatic heterocycles. The minimum absolute atomic E-state index is 0.474. The molecule has 0 aromatic heterocycles. The van der Waals surface area contributed by atoms with Crippen molar-refractivity contribution in [2.75, 3.05) is 26.2 Å². The first kappa shape index (κ1) is 14.5.